The molecular formula is C17H23N3O3. The summed E-state index contributed by atoms with van der Waals surface area (Å²) in [6.07, 6.45) is 4.91. The second kappa shape index (κ2) is 7.00. The monoisotopic (exact) mass is 317 g/mol. The number of nitrogens with zero attached hydrogens (tertiary/aromatic N) is 3. The van der Waals surface area contributed by atoms with Gasteiger partial charge in [-0.05, 0) is 43.4 Å². The molecule has 0 saturated carbocycles. The fourth-order valence-corrected chi connectivity index (χ4v) is 3.33. The first kappa shape index (κ1) is 15.8. The Morgan fingerprint density at radius 1 is 1.43 bits per heavy atom. The molecule has 6 nitrogen and oxygen atoms in total. The van der Waals surface area contributed by atoms with Crippen LogP contribution in [0.3, 0.4) is 0 Å². The molecule has 2 aromatic heterocycles. The lowest BCUT2D eigenvalue weighted by molar-refractivity contribution is 0.132. The molecule has 6 heteroatoms. The van der Waals surface area contributed by atoms with Crippen molar-refractivity contribution in [1.29, 1.82) is 0 Å². The van der Waals surface area contributed by atoms with Gasteiger partial charge in [0.25, 0.3) is 0 Å². The molecule has 23 heavy (non-hydrogen) atoms. The fraction of sp³-hybridized carbons (Fsp3) is 0.529. The number of aromatic nitrogens is 2. The minimum Gasteiger partial charge on any atom is -0.465 e. The summed E-state index contributed by atoms with van der Waals surface area (Å²) in [5.41, 5.74) is 2.28. The molecule has 1 aliphatic rings. The molecule has 0 atom stereocenters. The Bertz CT molecular complexity index is 675. The number of fused-ring (bicyclic) bond motifs is 1. The first-order valence-corrected chi connectivity index (χ1v) is 8.20. The van der Waals surface area contributed by atoms with Gasteiger partial charge in [0.15, 0.2) is 0 Å². The van der Waals surface area contributed by atoms with Gasteiger partial charge in [-0.2, -0.15) is 0 Å². The number of carboxylic acid groups (broad SMARTS) is 1. The lowest BCUT2D eigenvalue weighted by Gasteiger charge is -2.29. The number of amides is 1. The number of rotatable bonds is 5. The minimum absolute atomic E-state index is 0.394. The summed E-state index contributed by atoms with van der Waals surface area (Å²) in [4.78, 5) is 17.1. The third-order valence-corrected chi connectivity index (χ3v) is 4.55. The van der Waals surface area contributed by atoms with E-state index in [9.17, 15) is 4.79 Å². The second-order valence-electron chi connectivity index (χ2n) is 5.89. The van der Waals surface area contributed by atoms with E-state index in [1.807, 2.05) is 19.2 Å². The average Bonchev–Trinajstić information content (AvgIpc) is 2.94. The smallest absolute Gasteiger partial charge is 0.407 e. The highest BCUT2D eigenvalue weighted by Crippen LogP contribution is 2.33. The predicted molar refractivity (Wildman–Crippen MR) is 87.8 cm³/mol. The maximum atomic E-state index is 11.1. The van der Waals surface area contributed by atoms with Crippen molar-refractivity contribution < 1.29 is 14.6 Å². The number of hydrogen-bond donors (Lipinski definition) is 1. The minimum atomic E-state index is -0.816. The van der Waals surface area contributed by atoms with Crippen LogP contribution in [0.2, 0.25) is 0 Å². The van der Waals surface area contributed by atoms with E-state index < -0.39 is 6.09 Å². The van der Waals surface area contributed by atoms with Crippen LogP contribution in [0.1, 0.15) is 31.2 Å². The van der Waals surface area contributed by atoms with E-state index in [0.717, 1.165) is 25.0 Å². The molecule has 3 rings (SSSR count). The summed E-state index contributed by atoms with van der Waals surface area (Å²) in [6.45, 7) is 5.38. The number of piperidine rings is 1. The van der Waals surface area contributed by atoms with Gasteiger partial charge in [0, 0.05) is 44.0 Å². The zero-order valence-corrected chi connectivity index (χ0v) is 13.4. The maximum absolute atomic E-state index is 11.1. The highest BCUT2D eigenvalue weighted by molar-refractivity contribution is 5.81. The van der Waals surface area contributed by atoms with Crippen LogP contribution in [0.25, 0.3) is 11.0 Å². The second-order valence-corrected chi connectivity index (χ2v) is 5.89. The van der Waals surface area contributed by atoms with Crippen LogP contribution < -0.4 is 0 Å². The molecule has 2 aromatic rings. The van der Waals surface area contributed by atoms with E-state index in [1.165, 1.54) is 15.8 Å². The quantitative estimate of drug-likeness (QED) is 0.861. The van der Waals surface area contributed by atoms with Gasteiger partial charge in [-0.25, -0.2) is 9.78 Å². The van der Waals surface area contributed by atoms with E-state index in [4.69, 9.17) is 9.84 Å². The molecule has 1 N–H and O–H groups in total. The van der Waals surface area contributed by atoms with Gasteiger partial charge in [-0.1, -0.05) is 0 Å². The Kier molecular flexibility index (Phi) is 4.81. The van der Waals surface area contributed by atoms with Gasteiger partial charge in [0.05, 0.1) is 6.61 Å². The molecule has 0 aromatic carbocycles. The number of likely N-dealkylation sites (tertiary alicyclic amines) is 1. The number of hydrogen-bond acceptors (Lipinski definition) is 3. The van der Waals surface area contributed by atoms with E-state index in [1.54, 1.807) is 0 Å². The summed E-state index contributed by atoms with van der Waals surface area (Å²) in [5, 5.41) is 10.3. The predicted octanol–water partition coefficient (Wildman–Crippen LogP) is 2.93. The van der Waals surface area contributed by atoms with Crippen molar-refractivity contribution in [2.24, 2.45) is 0 Å². The van der Waals surface area contributed by atoms with Gasteiger partial charge in [-0.3, -0.25) is 0 Å². The molecule has 124 valence electrons. The van der Waals surface area contributed by atoms with Gasteiger partial charge >= 0.3 is 6.09 Å². The molecule has 1 aliphatic heterocycles. The molecule has 0 bridgehead atoms. The summed E-state index contributed by atoms with van der Waals surface area (Å²) < 4.78 is 7.62. The molecule has 1 fully saturated rings. The van der Waals surface area contributed by atoms with E-state index in [-0.39, 0.29) is 0 Å². The third-order valence-electron chi connectivity index (χ3n) is 4.55. The average molecular weight is 317 g/mol. The first-order valence-electron chi connectivity index (χ1n) is 8.20. The van der Waals surface area contributed by atoms with Gasteiger partial charge in [-0.15, -0.1) is 0 Å². The van der Waals surface area contributed by atoms with Crippen LogP contribution in [0.5, 0.6) is 0 Å². The number of carbonyl (C=O) groups is 1. The standard InChI is InChI=1S/C17H23N3O3/c1-2-23-11-10-20-12-15(14-4-3-7-18-16(14)20)13-5-8-19(9-6-13)17(21)22/h3-4,7,12-13H,2,5-6,8-11H2,1H3,(H,21,22). The van der Waals surface area contributed by atoms with Crippen molar-refractivity contribution in [1.82, 2.24) is 14.5 Å². The van der Waals surface area contributed by atoms with E-state index in [2.05, 4.69) is 21.8 Å². The van der Waals surface area contributed by atoms with Crippen molar-refractivity contribution in [2.75, 3.05) is 26.3 Å². The lowest BCUT2D eigenvalue weighted by Crippen LogP contribution is -2.36. The Hall–Kier alpha value is -2.08. The Morgan fingerprint density at radius 3 is 2.91 bits per heavy atom. The molecule has 1 amide bonds. The molecule has 0 spiro atoms. The van der Waals surface area contributed by atoms with Crippen LogP contribution >= 0.6 is 0 Å². The van der Waals surface area contributed by atoms with Gasteiger partial charge in [0.1, 0.15) is 5.65 Å². The third kappa shape index (κ3) is 3.32. The van der Waals surface area contributed by atoms with Crippen molar-refractivity contribution >= 4 is 17.1 Å². The topological polar surface area (TPSA) is 67.6 Å². The fourth-order valence-electron chi connectivity index (χ4n) is 3.33. The van der Waals surface area contributed by atoms with Crippen molar-refractivity contribution in [3.63, 3.8) is 0 Å². The van der Waals surface area contributed by atoms with Crippen molar-refractivity contribution in [3.8, 4) is 0 Å². The molecule has 3 heterocycles. The Labute approximate surface area is 135 Å². The normalized spacial score (nSPS) is 16.1. The molecule has 0 unspecified atom stereocenters. The van der Waals surface area contributed by atoms with Crippen LogP contribution in [-0.2, 0) is 11.3 Å². The Morgan fingerprint density at radius 2 is 2.22 bits per heavy atom. The van der Waals surface area contributed by atoms with E-state index >= 15 is 0 Å². The number of pyridine rings is 1. The van der Waals surface area contributed by atoms with Crippen LogP contribution in [-0.4, -0.2) is 52.0 Å². The van der Waals surface area contributed by atoms with Gasteiger partial charge < -0.3 is 19.3 Å². The highest BCUT2D eigenvalue weighted by atomic mass is 16.5. The first-order chi connectivity index (χ1) is 11.2. The summed E-state index contributed by atoms with van der Waals surface area (Å²) in [5.74, 6) is 0.394. The van der Waals surface area contributed by atoms with Crippen LogP contribution in [0.15, 0.2) is 24.5 Å². The molecule has 1 saturated heterocycles. The maximum Gasteiger partial charge on any atom is 0.407 e. The van der Waals surface area contributed by atoms with Gasteiger partial charge in [0.2, 0.25) is 0 Å². The summed E-state index contributed by atoms with van der Waals surface area (Å²) in [6, 6.07) is 4.07. The molecule has 0 radical (unpaired) electrons. The molecular weight excluding hydrogens is 294 g/mol. The summed E-state index contributed by atoms with van der Waals surface area (Å²) >= 11 is 0. The summed E-state index contributed by atoms with van der Waals surface area (Å²) in [7, 11) is 0. The SMILES string of the molecule is CCOCCn1cc(C2CCN(C(=O)O)CC2)c2cccnc21. The van der Waals surface area contributed by atoms with Crippen LogP contribution in [0.4, 0.5) is 4.79 Å². The largest absolute Gasteiger partial charge is 0.465 e. The zero-order chi connectivity index (χ0) is 16.2. The van der Waals surface area contributed by atoms with E-state index in [0.29, 0.717) is 32.2 Å². The Balaban J connectivity index is 1.82. The molecule has 0 aliphatic carbocycles. The highest BCUT2D eigenvalue weighted by Gasteiger charge is 2.26. The zero-order valence-electron chi connectivity index (χ0n) is 13.4. The lowest BCUT2D eigenvalue weighted by atomic mass is 9.90. The van der Waals surface area contributed by atoms with Crippen molar-refractivity contribution in [3.05, 3.63) is 30.1 Å². The van der Waals surface area contributed by atoms with Crippen LogP contribution in [0, 0.1) is 0 Å². The number of ether oxygens (including phenoxy) is 1. The van der Waals surface area contributed by atoms with Crippen molar-refractivity contribution in [2.45, 2.75) is 32.2 Å².